The minimum atomic E-state index is -0.425. The molecule has 3 heterocycles. The molecule has 1 N–H and O–H groups in total. The first-order valence-corrected chi connectivity index (χ1v) is 19.7. The fourth-order valence-electron chi connectivity index (χ4n) is 8.68. The fraction of sp³-hybridized carbons (Fsp3) is 0.0196. The van der Waals surface area contributed by atoms with Crippen LogP contribution in [0.2, 0.25) is 0 Å². The van der Waals surface area contributed by atoms with Crippen LogP contribution in [0.4, 0.5) is 0 Å². The maximum atomic E-state index is 6.27. The van der Waals surface area contributed by atoms with Crippen molar-refractivity contribution in [3.05, 3.63) is 193 Å². The zero-order valence-corrected chi connectivity index (χ0v) is 30.8. The Morgan fingerprint density at radius 2 is 1.02 bits per heavy atom. The summed E-state index contributed by atoms with van der Waals surface area (Å²) in [4.78, 5) is 10.4. The largest absolute Gasteiger partial charge is 0.456 e. The van der Waals surface area contributed by atoms with Crippen molar-refractivity contribution in [1.82, 2.24) is 5.32 Å². The minimum absolute atomic E-state index is 0.425. The molecule has 9 aromatic carbocycles. The third kappa shape index (κ3) is 4.84. The van der Waals surface area contributed by atoms with Crippen molar-refractivity contribution in [1.29, 1.82) is 0 Å². The second-order valence-electron chi connectivity index (χ2n) is 14.5. The van der Waals surface area contributed by atoms with Gasteiger partial charge < -0.3 is 9.73 Å². The molecule has 0 aliphatic carbocycles. The summed E-state index contributed by atoms with van der Waals surface area (Å²) in [5, 5.41) is 16.0. The van der Waals surface area contributed by atoms with Crippen LogP contribution in [-0.4, -0.2) is 11.7 Å². The average Bonchev–Trinajstić information content (AvgIpc) is 3.84. The van der Waals surface area contributed by atoms with Crippen LogP contribution in [0.5, 0.6) is 0 Å². The summed E-state index contributed by atoms with van der Waals surface area (Å²) < 4.78 is 8.75. The number of benzene rings is 9. The molecule has 0 saturated carbocycles. The molecule has 0 saturated heterocycles. The number of furan rings is 1. The maximum absolute atomic E-state index is 6.27. The zero-order chi connectivity index (χ0) is 36.7. The van der Waals surface area contributed by atoms with Gasteiger partial charge in [-0.3, -0.25) is 0 Å². The van der Waals surface area contributed by atoms with Gasteiger partial charge in [0.2, 0.25) is 0 Å². The van der Waals surface area contributed by atoms with Gasteiger partial charge in [-0.15, -0.1) is 11.3 Å². The van der Waals surface area contributed by atoms with E-state index >= 15 is 0 Å². The zero-order valence-electron chi connectivity index (χ0n) is 30.0. The molecule has 1 aliphatic rings. The number of aliphatic imine (C=N–C) groups is 2. The molecule has 0 spiro atoms. The maximum Gasteiger partial charge on any atom is 0.169 e. The van der Waals surface area contributed by atoms with Gasteiger partial charge in [0.1, 0.15) is 22.8 Å². The first kappa shape index (κ1) is 31.3. The average molecular weight is 734 g/mol. The van der Waals surface area contributed by atoms with Crippen LogP contribution in [0.15, 0.2) is 190 Å². The summed E-state index contributed by atoms with van der Waals surface area (Å²) in [6.07, 6.45) is -0.425. The summed E-state index contributed by atoms with van der Waals surface area (Å²) >= 11 is 1.83. The molecule has 0 amide bonds. The molecule has 0 radical (unpaired) electrons. The number of hydrogen-bond donors (Lipinski definition) is 1. The molecule has 2 aromatic heterocycles. The van der Waals surface area contributed by atoms with E-state index in [9.17, 15) is 0 Å². The van der Waals surface area contributed by atoms with Crippen LogP contribution in [0, 0.1) is 0 Å². The van der Waals surface area contributed by atoms with Crippen LogP contribution < -0.4 is 5.32 Å². The highest BCUT2D eigenvalue weighted by Gasteiger charge is 2.23. The minimum Gasteiger partial charge on any atom is -0.456 e. The Balaban J connectivity index is 0.989. The molecular formula is C51H31N3OS. The molecule has 1 atom stereocenters. The Hall–Kier alpha value is -7.08. The SMILES string of the molecule is c1ccc(C2=NC(c3ccc4c(c3)sc3cccc(-c5ccc6c7ccccc7c7ccccc7c6c5)c34)N=C(c3ccc4c(c3)oc3ccccc34)N2)cc1. The van der Waals surface area contributed by atoms with Crippen LogP contribution in [0.3, 0.4) is 0 Å². The van der Waals surface area contributed by atoms with Crippen molar-refractivity contribution in [2.45, 2.75) is 6.17 Å². The monoisotopic (exact) mass is 733 g/mol. The summed E-state index contributed by atoms with van der Waals surface area (Å²) in [6.45, 7) is 0. The summed E-state index contributed by atoms with van der Waals surface area (Å²) in [5.41, 5.74) is 7.19. The van der Waals surface area contributed by atoms with Crippen molar-refractivity contribution >= 4 is 97.4 Å². The van der Waals surface area contributed by atoms with Crippen molar-refractivity contribution in [3.63, 3.8) is 0 Å². The van der Waals surface area contributed by atoms with Gasteiger partial charge in [0.25, 0.3) is 0 Å². The molecule has 1 aliphatic heterocycles. The van der Waals surface area contributed by atoms with E-state index in [1.54, 1.807) is 0 Å². The summed E-state index contributed by atoms with van der Waals surface area (Å²) in [6, 6.07) is 62.8. The number of thiophene rings is 1. The second-order valence-corrected chi connectivity index (χ2v) is 15.6. The predicted molar refractivity (Wildman–Crippen MR) is 236 cm³/mol. The number of rotatable bonds is 4. The molecule has 56 heavy (non-hydrogen) atoms. The van der Waals surface area contributed by atoms with E-state index in [0.717, 1.165) is 50.3 Å². The number of fused-ring (bicyclic) bond motifs is 12. The Morgan fingerprint density at radius 3 is 1.80 bits per heavy atom. The van der Waals surface area contributed by atoms with Crippen molar-refractivity contribution in [3.8, 4) is 11.1 Å². The first-order valence-electron chi connectivity index (χ1n) is 18.9. The standard InChI is InChI=1S/C51H31N3OS/c1-2-11-30(12-3-1)49-52-50(32-22-25-41-40-17-8-9-19-44(40)55-45(41)28-32)54-51(53-49)33-23-26-42-47(29-33)56-46-20-10-18-34(48(42)46)31-21-24-39-37-15-5-4-13-35(37)36-14-6-7-16-38(36)43(39)27-31/h1-29,51H,(H,52,53,54). The van der Waals surface area contributed by atoms with Gasteiger partial charge in [0.05, 0.1) is 0 Å². The Labute approximate surface area is 325 Å². The molecule has 11 aromatic rings. The lowest BCUT2D eigenvalue weighted by atomic mass is 9.91. The summed E-state index contributed by atoms with van der Waals surface area (Å²) in [7, 11) is 0. The van der Waals surface area contributed by atoms with Gasteiger partial charge in [0, 0.05) is 42.1 Å². The molecule has 0 fully saturated rings. The quantitative estimate of drug-likeness (QED) is 0.183. The lowest BCUT2D eigenvalue weighted by molar-refractivity contribution is 0.668. The molecule has 0 bridgehead atoms. The summed E-state index contributed by atoms with van der Waals surface area (Å²) in [5.74, 6) is 1.56. The molecule has 12 rings (SSSR count). The fourth-order valence-corrected chi connectivity index (χ4v) is 9.86. The molecular weight excluding hydrogens is 703 g/mol. The van der Waals surface area contributed by atoms with Crippen LogP contribution >= 0.6 is 11.3 Å². The van der Waals surface area contributed by atoms with Gasteiger partial charge in [0.15, 0.2) is 6.17 Å². The normalized spacial score (nSPS) is 14.6. The Kier molecular flexibility index (Phi) is 6.83. The lowest BCUT2D eigenvalue weighted by Crippen LogP contribution is -2.36. The van der Waals surface area contributed by atoms with E-state index in [4.69, 9.17) is 14.4 Å². The van der Waals surface area contributed by atoms with Gasteiger partial charge >= 0.3 is 0 Å². The smallest absolute Gasteiger partial charge is 0.169 e. The van der Waals surface area contributed by atoms with Gasteiger partial charge in [-0.25, -0.2) is 9.98 Å². The van der Waals surface area contributed by atoms with Gasteiger partial charge in [-0.05, 0) is 85.4 Å². The Bertz CT molecular complexity index is 3430. The topological polar surface area (TPSA) is 49.9 Å². The van der Waals surface area contributed by atoms with Gasteiger partial charge in [-0.1, -0.05) is 140 Å². The number of amidine groups is 2. The molecule has 4 nitrogen and oxygen atoms in total. The second kappa shape index (κ2) is 12.2. The van der Waals surface area contributed by atoms with Gasteiger partial charge in [-0.2, -0.15) is 0 Å². The van der Waals surface area contributed by atoms with E-state index in [1.165, 1.54) is 63.6 Å². The van der Waals surface area contributed by atoms with Crippen LogP contribution in [-0.2, 0) is 0 Å². The van der Waals surface area contributed by atoms with E-state index in [1.807, 2.05) is 47.7 Å². The van der Waals surface area contributed by atoms with E-state index in [0.29, 0.717) is 0 Å². The molecule has 5 heteroatoms. The lowest BCUT2D eigenvalue weighted by Gasteiger charge is -2.22. The number of hydrogen-bond acceptors (Lipinski definition) is 5. The van der Waals surface area contributed by atoms with E-state index in [-0.39, 0.29) is 0 Å². The molecule has 262 valence electrons. The van der Waals surface area contributed by atoms with Crippen molar-refractivity contribution in [2.75, 3.05) is 0 Å². The van der Waals surface area contributed by atoms with Crippen LogP contribution in [0.1, 0.15) is 22.9 Å². The van der Waals surface area contributed by atoms with Crippen molar-refractivity contribution in [2.24, 2.45) is 9.98 Å². The van der Waals surface area contributed by atoms with E-state index < -0.39 is 6.17 Å². The Morgan fingerprint density at radius 1 is 0.411 bits per heavy atom. The number of para-hydroxylation sites is 1. The van der Waals surface area contributed by atoms with E-state index in [2.05, 4.69) is 145 Å². The van der Waals surface area contributed by atoms with Crippen molar-refractivity contribution < 1.29 is 4.42 Å². The highest BCUT2D eigenvalue weighted by molar-refractivity contribution is 7.26. The highest BCUT2D eigenvalue weighted by Crippen LogP contribution is 2.43. The highest BCUT2D eigenvalue weighted by atomic mass is 32.1. The third-order valence-corrected chi connectivity index (χ3v) is 12.4. The first-order chi connectivity index (χ1) is 27.7. The number of nitrogens with one attached hydrogen (secondary N) is 1. The van der Waals surface area contributed by atoms with Crippen LogP contribution in [0.25, 0.3) is 85.6 Å². The molecule has 1 unspecified atom stereocenters. The predicted octanol–water partition coefficient (Wildman–Crippen LogP) is 13.6. The number of nitrogens with zero attached hydrogens (tertiary/aromatic N) is 2. The third-order valence-electron chi connectivity index (χ3n) is 11.3.